The molecule has 3 rings (SSSR count). The second kappa shape index (κ2) is 10.3. The number of carbonyl (C=O) groups excluding carboxylic acids is 2. The van der Waals surface area contributed by atoms with Gasteiger partial charge in [0, 0.05) is 25.0 Å². The average molecular weight is 477 g/mol. The van der Waals surface area contributed by atoms with Crippen LogP contribution in [-0.4, -0.2) is 30.2 Å². The summed E-state index contributed by atoms with van der Waals surface area (Å²) in [6, 6.07) is 11.1. The molecule has 1 amide bonds. The number of fused-ring (bicyclic) bond motifs is 1. The molecule has 3 aromatic rings. The number of esters is 1. The zero-order chi connectivity index (χ0) is 23.4. The van der Waals surface area contributed by atoms with Crippen LogP contribution in [0.15, 0.2) is 36.4 Å². The molecule has 8 heteroatoms. The molecule has 32 heavy (non-hydrogen) atoms. The fourth-order valence-corrected chi connectivity index (χ4v) is 4.15. The monoisotopic (exact) mass is 476 g/mol. The molecular formula is C24H26Cl2N2O4. The molecule has 0 fully saturated rings. The summed E-state index contributed by atoms with van der Waals surface area (Å²) >= 11 is 12.6. The number of halogens is 2. The fraction of sp³-hybridized carbons (Fsp3) is 0.333. The Balaban J connectivity index is 1.74. The Bertz CT molecular complexity index is 1140. The van der Waals surface area contributed by atoms with Crippen molar-refractivity contribution >= 4 is 46.0 Å². The Morgan fingerprint density at radius 1 is 1.09 bits per heavy atom. The van der Waals surface area contributed by atoms with Gasteiger partial charge in [0.2, 0.25) is 0 Å². The van der Waals surface area contributed by atoms with Gasteiger partial charge >= 0.3 is 5.97 Å². The van der Waals surface area contributed by atoms with Gasteiger partial charge < -0.3 is 19.4 Å². The largest absolute Gasteiger partial charge is 0.495 e. The van der Waals surface area contributed by atoms with Gasteiger partial charge in [0.25, 0.3) is 5.91 Å². The van der Waals surface area contributed by atoms with Crippen LogP contribution in [-0.2, 0) is 23.1 Å². The first-order chi connectivity index (χ1) is 15.3. The Morgan fingerprint density at radius 2 is 1.78 bits per heavy atom. The minimum atomic E-state index is -0.289. The van der Waals surface area contributed by atoms with Crippen LogP contribution in [0.5, 0.6) is 5.75 Å². The normalized spacial score (nSPS) is 11.9. The lowest BCUT2D eigenvalue weighted by Crippen LogP contribution is -2.24. The molecule has 0 aliphatic carbocycles. The van der Waals surface area contributed by atoms with Crippen LogP contribution < -0.4 is 10.1 Å². The minimum absolute atomic E-state index is 0.220. The van der Waals surface area contributed by atoms with E-state index >= 15 is 0 Å². The number of aromatic nitrogens is 1. The molecule has 0 saturated heterocycles. The van der Waals surface area contributed by atoms with Crippen LogP contribution in [0.4, 0.5) is 0 Å². The summed E-state index contributed by atoms with van der Waals surface area (Å²) in [5.74, 6) is -0.298. The van der Waals surface area contributed by atoms with E-state index < -0.39 is 0 Å². The Kier molecular flexibility index (Phi) is 7.69. The lowest BCUT2D eigenvalue weighted by atomic mass is 9.95. The molecule has 1 aromatic heterocycles. The van der Waals surface area contributed by atoms with Crippen molar-refractivity contribution in [3.05, 3.63) is 63.3 Å². The van der Waals surface area contributed by atoms with Crippen molar-refractivity contribution in [2.75, 3.05) is 13.7 Å². The van der Waals surface area contributed by atoms with Crippen molar-refractivity contribution in [3.8, 4) is 5.75 Å². The van der Waals surface area contributed by atoms with Gasteiger partial charge in [-0.05, 0) is 30.5 Å². The summed E-state index contributed by atoms with van der Waals surface area (Å²) in [7, 11) is 3.30. The van der Waals surface area contributed by atoms with Crippen molar-refractivity contribution in [2.24, 2.45) is 7.05 Å². The number of rotatable bonds is 8. The number of hydrogen-bond donors (Lipinski definition) is 1. The maximum absolute atomic E-state index is 12.8. The molecule has 1 unspecified atom stereocenters. The van der Waals surface area contributed by atoms with Crippen LogP contribution in [0.2, 0.25) is 10.0 Å². The number of hydrogen-bond acceptors (Lipinski definition) is 4. The molecule has 6 nitrogen and oxygen atoms in total. The van der Waals surface area contributed by atoms with E-state index in [9.17, 15) is 9.59 Å². The van der Waals surface area contributed by atoms with E-state index in [-0.39, 0.29) is 17.8 Å². The highest BCUT2D eigenvalue weighted by molar-refractivity contribution is 6.46. The van der Waals surface area contributed by atoms with Gasteiger partial charge in [-0.15, -0.1) is 0 Å². The lowest BCUT2D eigenvalue weighted by molar-refractivity contribution is -0.145. The smallest absolute Gasteiger partial charge is 0.313 e. The number of benzene rings is 2. The Hall–Kier alpha value is -2.70. The first-order valence-corrected chi connectivity index (χ1v) is 11.1. The Labute approximate surface area is 197 Å². The molecule has 0 saturated carbocycles. The zero-order valence-corrected chi connectivity index (χ0v) is 20.0. The molecule has 2 aromatic carbocycles. The van der Waals surface area contributed by atoms with E-state index in [1.807, 2.05) is 31.2 Å². The zero-order valence-electron chi connectivity index (χ0n) is 18.5. The van der Waals surface area contributed by atoms with Crippen LogP contribution in [0.25, 0.3) is 10.9 Å². The molecule has 0 aliphatic heterocycles. The van der Waals surface area contributed by atoms with E-state index in [4.69, 9.17) is 32.7 Å². The van der Waals surface area contributed by atoms with Crippen molar-refractivity contribution in [2.45, 2.75) is 32.7 Å². The number of carbonyl (C=O) groups is 2. The van der Waals surface area contributed by atoms with Gasteiger partial charge in [-0.1, -0.05) is 54.4 Å². The third kappa shape index (κ3) is 4.71. The second-order valence-corrected chi connectivity index (χ2v) is 8.12. The van der Waals surface area contributed by atoms with Gasteiger partial charge in [-0.2, -0.15) is 0 Å². The molecule has 0 radical (unpaired) electrons. The average Bonchev–Trinajstić information content (AvgIpc) is 3.12. The second-order valence-electron chi connectivity index (χ2n) is 7.37. The van der Waals surface area contributed by atoms with Crippen LogP contribution in [0, 0.1) is 0 Å². The summed E-state index contributed by atoms with van der Waals surface area (Å²) in [5, 5.41) is 4.26. The SMILES string of the molecule is CCOC(=O)C(CC)c1ccc(CNC(=O)c2cc3c(Cl)c(Cl)c(OC)cc3n2C)cc1. The van der Waals surface area contributed by atoms with Crippen molar-refractivity contribution < 1.29 is 19.1 Å². The van der Waals surface area contributed by atoms with E-state index in [1.165, 1.54) is 7.11 Å². The van der Waals surface area contributed by atoms with E-state index in [0.29, 0.717) is 46.4 Å². The summed E-state index contributed by atoms with van der Waals surface area (Å²) in [4.78, 5) is 25.0. The standard InChI is InChI=1S/C24H26Cl2N2O4/c1-5-16(24(30)32-6-2)15-9-7-14(8-10-15)13-27-23(29)19-11-17-18(28(19)3)12-20(31-4)22(26)21(17)25/h7-12,16H,5-6,13H2,1-4H3,(H,27,29). The van der Waals surface area contributed by atoms with E-state index in [0.717, 1.165) is 16.6 Å². The quantitative estimate of drug-likeness (QED) is 0.437. The van der Waals surface area contributed by atoms with Crippen molar-refractivity contribution in [1.29, 1.82) is 0 Å². The predicted octanol–water partition coefficient (Wildman–Crippen LogP) is 5.48. The van der Waals surface area contributed by atoms with Crippen LogP contribution in [0.3, 0.4) is 0 Å². The topological polar surface area (TPSA) is 69.6 Å². The molecule has 170 valence electrons. The third-order valence-electron chi connectivity index (χ3n) is 5.46. The maximum Gasteiger partial charge on any atom is 0.313 e. The highest BCUT2D eigenvalue weighted by Crippen LogP contribution is 2.39. The number of ether oxygens (including phenoxy) is 2. The molecule has 1 N–H and O–H groups in total. The molecule has 0 bridgehead atoms. The first kappa shape index (κ1) is 24.0. The third-order valence-corrected chi connectivity index (χ3v) is 6.32. The first-order valence-electron chi connectivity index (χ1n) is 10.4. The van der Waals surface area contributed by atoms with Gasteiger partial charge in [0.15, 0.2) is 0 Å². The van der Waals surface area contributed by atoms with Gasteiger partial charge in [0.05, 0.1) is 30.2 Å². The lowest BCUT2D eigenvalue weighted by Gasteiger charge is -2.14. The highest BCUT2D eigenvalue weighted by Gasteiger charge is 2.21. The number of amides is 1. The number of aryl methyl sites for hydroxylation is 1. The van der Waals surface area contributed by atoms with Crippen LogP contribution in [0.1, 0.15) is 47.8 Å². The summed E-state index contributed by atoms with van der Waals surface area (Å²) in [6.07, 6.45) is 0.660. The Morgan fingerprint density at radius 3 is 2.38 bits per heavy atom. The molecule has 1 atom stereocenters. The highest BCUT2D eigenvalue weighted by atomic mass is 35.5. The predicted molar refractivity (Wildman–Crippen MR) is 127 cm³/mol. The molecule has 0 spiro atoms. The molecule has 1 heterocycles. The van der Waals surface area contributed by atoms with Gasteiger partial charge in [0.1, 0.15) is 16.5 Å². The summed E-state index contributed by atoms with van der Waals surface area (Å²) in [5.41, 5.74) is 3.02. The fourth-order valence-electron chi connectivity index (χ4n) is 3.67. The van der Waals surface area contributed by atoms with Gasteiger partial charge in [-0.3, -0.25) is 9.59 Å². The van der Waals surface area contributed by atoms with Crippen molar-refractivity contribution in [1.82, 2.24) is 9.88 Å². The summed E-state index contributed by atoms with van der Waals surface area (Å²) < 4.78 is 12.2. The molecular weight excluding hydrogens is 451 g/mol. The number of nitrogens with one attached hydrogen (secondary N) is 1. The van der Waals surface area contributed by atoms with Crippen LogP contribution >= 0.6 is 23.2 Å². The number of nitrogens with zero attached hydrogens (tertiary/aromatic N) is 1. The van der Waals surface area contributed by atoms with Crippen molar-refractivity contribution in [3.63, 3.8) is 0 Å². The van der Waals surface area contributed by atoms with Gasteiger partial charge in [-0.25, -0.2) is 0 Å². The maximum atomic E-state index is 12.8. The summed E-state index contributed by atoms with van der Waals surface area (Å²) in [6.45, 7) is 4.45. The van der Waals surface area contributed by atoms with E-state index in [1.54, 1.807) is 30.7 Å². The minimum Gasteiger partial charge on any atom is -0.495 e. The number of methoxy groups -OCH3 is 1. The van der Waals surface area contributed by atoms with E-state index in [2.05, 4.69) is 5.32 Å². The molecule has 0 aliphatic rings.